The molecule has 0 atom stereocenters. The van der Waals surface area contributed by atoms with E-state index in [2.05, 4.69) is 64.1 Å². The van der Waals surface area contributed by atoms with Gasteiger partial charge in [-0.25, -0.2) is 0 Å². The van der Waals surface area contributed by atoms with Crippen molar-refractivity contribution in [2.24, 2.45) is 0 Å². The van der Waals surface area contributed by atoms with E-state index in [4.69, 9.17) is 0 Å². The molecule has 2 nitrogen and oxygen atoms in total. The molecule has 2 aromatic heterocycles. The summed E-state index contributed by atoms with van der Waals surface area (Å²) in [5.41, 5.74) is 6.45. The number of rotatable bonds is 2. The molecule has 0 amide bonds. The summed E-state index contributed by atoms with van der Waals surface area (Å²) in [6.07, 6.45) is 2.90. The van der Waals surface area contributed by atoms with Crippen molar-refractivity contribution in [1.82, 2.24) is 4.40 Å². The van der Waals surface area contributed by atoms with Crippen LogP contribution >= 0.6 is 0 Å². The van der Waals surface area contributed by atoms with Gasteiger partial charge in [-0.3, -0.25) is 4.79 Å². The molecular weight excluding hydrogens is 270 g/mol. The Morgan fingerprint density at radius 1 is 1.00 bits per heavy atom. The molecule has 0 bridgehead atoms. The maximum Gasteiger partial charge on any atom is 0.167 e. The van der Waals surface area contributed by atoms with Gasteiger partial charge in [0.2, 0.25) is 0 Å². The van der Waals surface area contributed by atoms with Crippen LogP contribution in [0, 0.1) is 6.92 Å². The third-order valence-corrected chi connectivity index (χ3v) is 4.14. The number of benzene rings is 1. The molecular formula is C20H21NO. The highest BCUT2D eigenvalue weighted by molar-refractivity contribution is 5.90. The second-order valence-corrected chi connectivity index (χ2v) is 6.89. The van der Waals surface area contributed by atoms with Crippen LogP contribution in [0.5, 0.6) is 0 Å². The summed E-state index contributed by atoms with van der Waals surface area (Å²) in [6.45, 7) is 8.67. The highest BCUT2D eigenvalue weighted by Gasteiger charge is 2.15. The molecule has 0 saturated carbocycles. The predicted molar refractivity (Wildman–Crippen MR) is 91.7 cm³/mol. The molecule has 0 aliphatic carbocycles. The molecule has 0 spiro atoms. The van der Waals surface area contributed by atoms with Crippen molar-refractivity contribution in [3.05, 3.63) is 65.5 Å². The van der Waals surface area contributed by atoms with Crippen LogP contribution in [0.1, 0.15) is 42.4 Å². The molecule has 2 heteroatoms. The molecule has 0 saturated heterocycles. The molecule has 3 rings (SSSR count). The molecule has 2 heterocycles. The Kier molecular flexibility index (Phi) is 3.40. The van der Waals surface area contributed by atoms with Crippen molar-refractivity contribution < 1.29 is 4.79 Å². The van der Waals surface area contributed by atoms with E-state index >= 15 is 0 Å². The number of fused-ring (bicyclic) bond motifs is 1. The first-order valence-electron chi connectivity index (χ1n) is 7.58. The number of hydrogen-bond donors (Lipinski definition) is 0. The van der Waals surface area contributed by atoms with Gasteiger partial charge in [-0.15, -0.1) is 0 Å². The van der Waals surface area contributed by atoms with Crippen molar-refractivity contribution in [1.29, 1.82) is 0 Å². The summed E-state index contributed by atoms with van der Waals surface area (Å²) in [5, 5.41) is 0. The van der Waals surface area contributed by atoms with E-state index in [-0.39, 0.29) is 5.41 Å². The van der Waals surface area contributed by atoms with Gasteiger partial charge in [-0.05, 0) is 47.2 Å². The number of nitrogens with zero attached hydrogens (tertiary/aromatic N) is 1. The lowest BCUT2D eigenvalue weighted by molar-refractivity contribution is 0.111. The Hall–Kier alpha value is -2.35. The lowest BCUT2D eigenvalue weighted by atomic mass is 9.86. The first kappa shape index (κ1) is 14.6. The Labute approximate surface area is 131 Å². The number of hydrogen-bond acceptors (Lipinski definition) is 1. The molecule has 22 heavy (non-hydrogen) atoms. The molecule has 0 unspecified atom stereocenters. The zero-order chi connectivity index (χ0) is 15.9. The minimum Gasteiger partial charge on any atom is -0.314 e. The lowest BCUT2D eigenvalue weighted by Crippen LogP contribution is -2.10. The summed E-state index contributed by atoms with van der Waals surface area (Å²) in [6, 6.07) is 14.7. The average molecular weight is 291 g/mol. The zero-order valence-electron chi connectivity index (χ0n) is 13.6. The fourth-order valence-corrected chi connectivity index (χ4v) is 2.81. The number of pyridine rings is 1. The molecule has 0 radical (unpaired) electrons. The van der Waals surface area contributed by atoms with Gasteiger partial charge in [0, 0.05) is 17.3 Å². The van der Waals surface area contributed by atoms with E-state index in [1.165, 1.54) is 11.1 Å². The van der Waals surface area contributed by atoms with Crippen LogP contribution in [0.15, 0.2) is 48.7 Å². The van der Waals surface area contributed by atoms with Crippen molar-refractivity contribution in [3.8, 4) is 11.1 Å². The summed E-state index contributed by atoms with van der Waals surface area (Å²) < 4.78 is 1.95. The van der Waals surface area contributed by atoms with Gasteiger partial charge in [0.05, 0.1) is 5.69 Å². The fraction of sp³-hybridized carbons (Fsp3) is 0.250. The van der Waals surface area contributed by atoms with Crippen molar-refractivity contribution in [3.63, 3.8) is 0 Å². The molecule has 0 N–H and O–H groups in total. The predicted octanol–water partition coefficient (Wildman–Crippen LogP) is 5.02. The van der Waals surface area contributed by atoms with E-state index < -0.39 is 0 Å². The quantitative estimate of drug-likeness (QED) is 0.607. The highest BCUT2D eigenvalue weighted by Crippen LogP contribution is 2.30. The Bertz CT molecular complexity index is 833. The van der Waals surface area contributed by atoms with E-state index in [1.54, 1.807) is 0 Å². The normalized spacial score (nSPS) is 11.8. The van der Waals surface area contributed by atoms with Crippen LogP contribution < -0.4 is 0 Å². The summed E-state index contributed by atoms with van der Waals surface area (Å²) in [4.78, 5) is 11.6. The number of aryl methyl sites for hydroxylation is 1. The topological polar surface area (TPSA) is 21.5 Å². The largest absolute Gasteiger partial charge is 0.314 e. The van der Waals surface area contributed by atoms with Crippen LogP contribution in [0.25, 0.3) is 16.6 Å². The highest BCUT2D eigenvalue weighted by atomic mass is 16.1. The van der Waals surface area contributed by atoms with Gasteiger partial charge < -0.3 is 4.40 Å². The van der Waals surface area contributed by atoms with Crippen LogP contribution in [0.2, 0.25) is 0 Å². The zero-order valence-corrected chi connectivity index (χ0v) is 13.6. The SMILES string of the molecule is Cc1ccn2c(C=O)c(-c3ccc(C(C)(C)C)cc3)cc2c1. The molecule has 0 aliphatic heterocycles. The number of aldehydes is 1. The number of aromatic nitrogens is 1. The summed E-state index contributed by atoms with van der Waals surface area (Å²) in [7, 11) is 0. The average Bonchev–Trinajstić information content (AvgIpc) is 2.84. The van der Waals surface area contributed by atoms with Crippen molar-refractivity contribution in [2.75, 3.05) is 0 Å². The van der Waals surface area contributed by atoms with E-state index in [0.29, 0.717) is 5.69 Å². The van der Waals surface area contributed by atoms with Gasteiger partial charge >= 0.3 is 0 Å². The third kappa shape index (κ3) is 2.45. The maximum absolute atomic E-state index is 11.6. The monoisotopic (exact) mass is 291 g/mol. The maximum atomic E-state index is 11.6. The van der Waals surface area contributed by atoms with E-state index in [1.807, 2.05) is 16.7 Å². The van der Waals surface area contributed by atoms with E-state index in [9.17, 15) is 4.79 Å². The third-order valence-electron chi connectivity index (χ3n) is 4.14. The fourth-order valence-electron chi connectivity index (χ4n) is 2.81. The molecule has 0 aliphatic rings. The first-order chi connectivity index (χ1) is 10.4. The Morgan fingerprint density at radius 2 is 1.68 bits per heavy atom. The minimum atomic E-state index is 0.134. The molecule has 0 fully saturated rings. The summed E-state index contributed by atoms with van der Waals surface area (Å²) >= 11 is 0. The first-order valence-corrected chi connectivity index (χ1v) is 7.58. The van der Waals surface area contributed by atoms with Crippen LogP contribution in [-0.2, 0) is 5.41 Å². The second kappa shape index (κ2) is 5.13. The van der Waals surface area contributed by atoms with Gasteiger partial charge in [-0.1, -0.05) is 45.0 Å². The van der Waals surface area contributed by atoms with Gasteiger partial charge in [0.15, 0.2) is 6.29 Å². The van der Waals surface area contributed by atoms with Gasteiger partial charge in [0.1, 0.15) is 0 Å². The number of carbonyl (C=O) groups is 1. The van der Waals surface area contributed by atoms with Crippen molar-refractivity contribution >= 4 is 11.8 Å². The molecule has 3 aromatic rings. The molecule has 112 valence electrons. The number of carbonyl (C=O) groups excluding carboxylic acids is 1. The van der Waals surface area contributed by atoms with E-state index in [0.717, 1.165) is 22.9 Å². The van der Waals surface area contributed by atoms with Crippen LogP contribution in [0.3, 0.4) is 0 Å². The van der Waals surface area contributed by atoms with Crippen LogP contribution in [0.4, 0.5) is 0 Å². The van der Waals surface area contributed by atoms with Gasteiger partial charge in [-0.2, -0.15) is 0 Å². The standard InChI is InChI=1S/C20H21NO/c1-14-9-10-21-17(11-14)12-18(19(21)13-22)15-5-7-16(8-6-15)20(2,3)4/h5-13H,1-4H3. The lowest BCUT2D eigenvalue weighted by Gasteiger charge is -2.19. The van der Waals surface area contributed by atoms with Crippen LogP contribution in [-0.4, -0.2) is 10.7 Å². The minimum absolute atomic E-state index is 0.134. The van der Waals surface area contributed by atoms with Gasteiger partial charge in [0.25, 0.3) is 0 Å². The Morgan fingerprint density at radius 3 is 2.27 bits per heavy atom. The molecule has 1 aromatic carbocycles. The smallest absolute Gasteiger partial charge is 0.167 e. The summed E-state index contributed by atoms with van der Waals surface area (Å²) in [5.74, 6) is 0. The Balaban J connectivity index is 2.15. The van der Waals surface area contributed by atoms with Crippen molar-refractivity contribution in [2.45, 2.75) is 33.1 Å². The second-order valence-electron chi connectivity index (χ2n) is 6.89.